The van der Waals surface area contributed by atoms with Gasteiger partial charge in [-0.3, -0.25) is 0 Å². The van der Waals surface area contributed by atoms with E-state index in [1.807, 2.05) is 0 Å². The summed E-state index contributed by atoms with van der Waals surface area (Å²) in [6.07, 6.45) is -4.57. The van der Waals surface area contributed by atoms with E-state index in [2.05, 4.69) is 0 Å². The van der Waals surface area contributed by atoms with E-state index in [-0.39, 0.29) is 6.54 Å². The summed E-state index contributed by atoms with van der Waals surface area (Å²) in [7, 11) is -4.07. The van der Waals surface area contributed by atoms with Gasteiger partial charge < -0.3 is 5.11 Å². The average Bonchev–Trinajstić information content (AvgIpc) is 2.10. The molecule has 0 amide bonds. The van der Waals surface area contributed by atoms with Crippen LogP contribution in [0.5, 0.6) is 0 Å². The number of sulfonamides is 1. The SMILES string of the molecule is CCN(CC(F)(F)F)S(=O)(=O)C(C)CO. The molecule has 4 nitrogen and oxygen atoms in total. The second kappa shape index (κ2) is 5.13. The molecule has 0 aliphatic heterocycles. The molecule has 0 aliphatic carbocycles. The fourth-order valence-electron chi connectivity index (χ4n) is 0.930. The molecule has 0 rings (SSSR count). The van der Waals surface area contributed by atoms with Crippen molar-refractivity contribution in [2.45, 2.75) is 25.3 Å². The highest BCUT2D eigenvalue weighted by molar-refractivity contribution is 7.89. The van der Waals surface area contributed by atoms with Crippen LogP contribution < -0.4 is 0 Å². The van der Waals surface area contributed by atoms with Gasteiger partial charge in [-0.25, -0.2) is 8.42 Å². The Kier molecular flexibility index (Phi) is 5.01. The predicted octanol–water partition coefficient (Wildman–Crippen LogP) is 0.581. The molecule has 0 heterocycles. The van der Waals surface area contributed by atoms with Gasteiger partial charge in [0.05, 0.1) is 11.9 Å². The first-order valence-electron chi connectivity index (χ1n) is 4.31. The van der Waals surface area contributed by atoms with Crippen LogP contribution in [0.2, 0.25) is 0 Å². The minimum atomic E-state index is -4.57. The lowest BCUT2D eigenvalue weighted by atomic mass is 10.5. The van der Waals surface area contributed by atoms with E-state index in [1.165, 1.54) is 6.92 Å². The van der Waals surface area contributed by atoms with Crippen molar-refractivity contribution in [1.29, 1.82) is 0 Å². The quantitative estimate of drug-likeness (QED) is 0.775. The van der Waals surface area contributed by atoms with Gasteiger partial charge in [-0.2, -0.15) is 17.5 Å². The van der Waals surface area contributed by atoms with Crippen LogP contribution in [0, 0.1) is 0 Å². The van der Waals surface area contributed by atoms with Crippen LogP contribution in [0.25, 0.3) is 0 Å². The van der Waals surface area contributed by atoms with Gasteiger partial charge in [0.2, 0.25) is 10.0 Å². The van der Waals surface area contributed by atoms with Gasteiger partial charge in [0.1, 0.15) is 6.54 Å². The van der Waals surface area contributed by atoms with Gasteiger partial charge in [-0.15, -0.1) is 0 Å². The average molecular weight is 249 g/mol. The van der Waals surface area contributed by atoms with Gasteiger partial charge in [-0.1, -0.05) is 6.92 Å². The lowest BCUT2D eigenvalue weighted by molar-refractivity contribution is -0.135. The smallest absolute Gasteiger partial charge is 0.395 e. The summed E-state index contributed by atoms with van der Waals surface area (Å²) in [6, 6.07) is 0. The van der Waals surface area contributed by atoms with Gasteiger partial charge in [0.25, 0.3) is 0 Å². The third-order valence-corrected chi connectivity index (χ3v) is 4.11. The van der Waals surface area contributed by atoms with Gasteiger partial charge in [0, 0.05) is 6.54 Å². The summed E-state index contributed by atoms with van der Waals surface area (Å²) in [5.41, 5.74) is 0. The van der Waals surface area contributed by atoms with Crippen molar-refractivity contribution in [1.82, 2.24) is 4.31 Å². The van der Waals surface area contributed by atoms with Crippen molar-refractivity contribution in [3.63, 3.8) is 0 Å². The normalized spacial score (nSPS) is 15.7. The highest BCUT2D eigenvalue weighted by atomic mass is 32.2. The predicted molar refractivity (Wildman–Crippen MR) is 48.8 cm³/mol. The molecule has 1 N–H and O–H groups in total. The number of aliphatic hydroxyl groups is 1. The lowest BCUT2D eigenvalue weighted by Crippen LogP contribution is -2.43. The van der Waals surface area contributed by atoms with Crippen molar-refractivity contribution in [2.24, 2.45) is 0 Å². The first-order valence-corrected chi connectivity index (χ1v) is 5.82. The first-order chi connectivity index (χ1) is 6.65. The molecule has 0 aromatic carbocycles. The van der Waals surface area contributed by atoms with E-state index in [0.29, 0.717) is 4.31 Å². The minimum absolute atomic E-state index is 0.272. The number of hydrogen-bond acceptors (Lipinski definition) is 3. The van der Waals surface area contributed by atoms with E-state index in [1.54, 1.807) is 0 Å². The zero-order chi connectivity index (χ0) is 12.3. The fourth-order valence-corrected chi connectivity index (χ4v) is 2.31. The Labute approximate surface area is 86.7 Å². The van der Waals surface area contributed by atoms with E-state index >= 15 is 0 Å². The molecule has 0 saturated carbocycles. The largest absolute Gasteiger partial charge is 0.402 e. The molecule has 1 atom stereocenters. The van der Waals surface area contributed by atoms with Crippen molar-refractivity contribution in [3.05, 3.63) is 0 Å². The molecule has 0 saturated heterocycles. The van der Waals surface area contributed by atoms with Crippen molar-refractivity contribution in [2.75, 3.05) is 19.7 Å². The molecule has 0 aliphatic rings. The highest BCUT2D eigenvalue weighted by Crippen LogP contribution is 2.20. The molecular weight excluding hydrogens is 235 g/mol. The number of aliphatic hydroxyl groups excluding tert-OH is 1. The summed E-state index contributed by atoms with van der Waals surface area (Å²) in [6.45, 7) is -0.0131. The number of hydrogen-bond donors (Lipinski definition) is 1. The molecule has 0 spiro atoms. The van der Waals surface area contributed by atoms with Crippen molar-refractivity contribution >= 4 is 10.0 Å². The summed E-state index contributed by atoms with van der Waals surface area (Å²) in [5, 5.41) is 7.40. The fraction of sp³-hybridized carbons (Fsp3) is 1.00. The Morgan fingerprint density at radius 3 is 2.13 bits per heavy atom. The maximum atomic E-state index is 12.0. The van der Waals surface area contributed by atoms with Crippen LogP contribution in [-0.2, 0) is 10.0 Å². The molecule has 0 radical (unpaired) electrons. The highest BCUT2D eigenvalue weighted by Gasteiger charge is 2.37. The number of halogens is 3. The van der Waals surface area contributed by atoms with E-state index in [4.69, 9.17) is 5.11 Å². The van der Waals surface area contributed by atoms with Gasteiger partial charge in [0.15, 0.2) is 0 Å². The molecule has 0 bridgehead atoms. The van der Waals surface area contributed by atoms with E-state index in [9.17, 15) is 21.6 Å². The number of nitrogens with zero attached hydrogens (tertiary/aromatic N) is 1. The monoisotopic (exact) mass is 249 g/mol. The van der Waals surface area contributed by atoms with Gasteiger partial charge in [-0.05, 0) is 6.92 Å². The van der Waals surface area contributed by atoms with E-state index < -0.39 is 34.6 Å². The summed E-state index contributed by atoms with van der Waals surface area (Å²) >= 11 is 0. The molecule has 0 fully saturated rings. The van der Waals surface area contributed by atoms with Crippen LogP contribution in [-0.4, -0.2) is 49.0 Å². The molecule has 0 aromatic rings. The first kappa shape index (κ1) is 14.7. The minimum Gasteiger partial charge on any atom is -0.395 e. The van der Waals surface area contributed by atoms with Crippen LogP contribution >= 0.6 is 0 Å². The summed E-state index contributed by atoms with van der Waals surface area (Å²) < 4.78 is 59.3. The maximum absolute atomic E-state index is 12.0. The molecular formula is C7H14F3NO3S. The van der Waals surface area contributed by atoms with Crippen molar-refractivity contribution < 1.29 is 26.7 Å². The van der Waals surface area contributed by atoms with Gasteiger partial charge >= 0.3 is 6.18 Å². The molecule has 0 aromatic heterocycles. The van der Waals surface area contributed by atoms with Crippen LogP contribution in [0.4, 0.5) is 13.2 Å². The Morgan fingerprint density at radius 1 is 1.40 bits per heavy atom. The third kappa shape index (κ3) is 4.35. The van der Waals surface area contributed by atoms with E-state index in [0.717, 1.165) is 6.92 Å². The second-order valence-electron chi connectivity index (χ2n) is 3.08. The lowest BCUT2D eigenvalue weighted by Gasteiger charge is -2.24. The number of rotatable bonds is 5. The Morgan fingerprint density at radius 2 is 1.87 bits per heavy atom. The third-order valence-electron chi connectivity index (χ3n) is 1.83. The van der Waals surface area contributed by atoms with Crippen LogP contribution in [0.15, 0.2) is 0 Å². The zero-order valence-corrected chi connectivity index (χ0v) is 9.27. The van der Waals surface area contributed by atoms with Crippen LogP contribution in [0.1, 0.15) is 13.8 Å². The summed E-state index contributed by atoms with van der Waals surface area (Å²) in [5.74, 6) is 0. The maximum Gasteiger partial charge on any atom is 0.402 e. The standard InChI is InChI=1S/C7H14F3NO3S/c1-3-11(5-7(8,9)10)15(13,14)6(2)4-12/h6,12H,3-5H2,1-2H3. The molecule has 8 heteroatoms. The second-order valence-corrected chi connectivity index (χ2v) is 5.43. The molecule has 15 heavy (non-hydrogen) atoms. The zero-order valence-electron chi connectivity index (χ0n) is 8.45. The Bertz CT molecular complexity index is 288. The number of alkyl halides is 3. The topological polar surface area (TPSA) is 57.6 Å². The molecule has 1 unspecified atom stereocenters. The van der Waals surface area contributed by atoms with Crippen molar-refractivity contribution in [3.8, 4) is 0 Å². The van der Waals surface area contributed by atoms with Crippen LogP contribution in [0.3, 0.4) is 0 Å². The Hall–Kier alpha value is -0.340. The Balaban J connectivity index is 4.83. The molecule has 92 valence electrons. The summed E-state index contributed by atoms with van der Waals surface area (Å²) in [4.78, 5) is 0.